The topological polar surface area (TPSA) is 117 Å². The average molecular weight is 475 g/mol. The van der Waals surface area contributed by atoms with Crippen LogP contribution in [0.15, 0.2) is 0 Å². The van der Waals surface area contributed by atoms with Crippen molar-refractivity contribution in [2.45, 2.75) is 54.6 Å². The number of nitrogens with one attached hydrogen (secondary N) is 2. The second-order valence-electron chi connectivity index (χ2n) is 7.16. The van der Waals surface area contributed by atoms with Crippen LogP contribution in [-0.2, 0) is 23.9 Å². The first-order chi connectivity index (χ1) is 13.6. The van der Waals surface area contributed by atoms with Gasteiger partial charge in [0.05, 0.1) is 0 Å². The minimum Gasteiger partial charge on any atom is -0.460 e. The Labute approximate surface area is 184 Å². The fraction of sp³-hybridized carbons (Fsp3) is 0.824. The van der Waals surface area contributed by atoms with Crippen LogP contribution in [-0.4, -0.2) is 76.2 Å². The predicted molar refractivity (Wildman–Crippen MR) is 106 cm³/mol. The number of halogens is 3. The second kappa shape index (κ2) is 11.0. The van der Waals surface area contributed by atoms with E-state index >= 15 is 0 Å². The molecule has 0 spiro atoms. The lowest BCUT2D eigenvalue weighted by Gasteiger charge is -2.34. The summed E-state index contributed by atoms with van der Waals surface area (Å²) >= 11 is 16.7. The maximum atomic E-state index is 12.6. The van der Waals surface area contributed by atoms with Gasteiger partial charge < -0.3 is 19.9 Å². The van der Waals surface area contributed by atoms with Gasteiger partial charge in [0.15, 0.2) is 0 Å². The number of hydrogen-bond donors (Lipinski definition) is 3. The Morgan fingerprint density at radius 3 is 2.55 bits per heavy atom. The molecule has 2 amide bonds. The van der Waals surface area contributed by atoms with Crippen molar-refractivity contribution in [2.24, 2.45) is 5.92 Å². The molecule has 0 aromatic heterocycles. The molecule has 0 aliphatic carbocycles. The number of hydrazine groups is 1. The highest BCUT2D eigenvalue weighted by Crippen LogP contribution is 2.26. The zero-order chi connectivity index (χ0) is 21.6. The third-order valence-electron chi connectivity index (χ3n) is 4.83. The quantitative estimate of drug-likeness (QED) is 0.383. The van der Waals surface area contributed by atoms with Gasteiger partial charge in [-0.25, -0.2) is 5.43 Å². The largest absolute Gasteiger partial charge is 0.460 e. The van der Waals surface area contributed by atoms with Crippen LogP contribution in [0.3, 0.4) is 0 Å². The summed E-state index contributed by atoms with van der Waals surface area (Å²) in [7, 11) is 0. The van der Waals surface area contributed by atoms with Gasteiger partial charge in [-0.15, -0.1) is 0 Å². The monoisotopic (exact) mass is 473 g/mol. The molecule has 29 heavy (non-hydrogen) atoms. The Morgan fingerprint density at radius 2 is 1.93 bits per heavy atom. The smallest absolute Gasteiger partial charge is 0.325 e. The first-order valence-corrected chi connectivity index (χ1v) is 10.6. The number of alkyl halides is 3. The van der Waals surface area contributed by atoms with E-state index in [4.69, 9.17) is 44.3 Å². The average Bonchev–Trinajstić information content (AvgIpc) is 2.70. The van der Waals surface area contributed by atoms with Gasteiger partial charge in [-0.05, 0) is 38.5 Å². The van der Waals surface area contributed by atoms with Gasteiger partial charge in [-0.2, -0.15) is 0 Å². The number of aliphatic hydroxyl groups excluding tert-OH is 1. The van der Waals surface area contributed by atoms with Gasteiger partial charge in [-0.3, -0.25) is 19.4 Å². The molecule has 3 N–H and O–H groups in total. The Balaban J connectivity index is 1.84. The van der Waals surface area contributed by atoms with Crippen LogP contribution < -0.4 is 10.7 Å². The van der Waals surface area contributed by atoms with Crippen LogP contribution in [0.2, 0.25) is 0 Å². The van der Waals surface area contributed by atoms with E-state index in [9.17, 15) is 19.5 Å². The maximum Gasteiger partial charge on any atom is 0.325 e. The van der Waals surface area contributed by atoms with Crippen molar-refractivity contribution in [3.8, 4) is 0 Å². The van der Waals surface area contributed by atoms with E-state index in [1.54, 1.807) is 0 Å². The first-order valence-electron chi connectivity index (χ1n) is 9.45. The number of esters is 1. The van der Waals surface area contributed by atoms with E-state index in [0.29, 0.717) is 45.4 Å². The molecule has 0 bridgehead atoms. The van der Waals surface area contributed by atoms with Crippen molar-refractivity contribution >= 4 is 52.6 Å². The standard InChI is InChI=1S/C17H26Cl3N3O6/c1-10(21-14(25)13(24)11-4-7-28-8-5-11)15(26)23-6-2-3-12(22-23)16(27)29-9-17(18,19)20/h10-13,22,24H,2-9H2,1H3,(H,21,25)/t10-,12-,13-/m0/s1. The van der Waals surface area contributed by atoms with Crippen molar-refractivity contribution in [1.29, 1.82) is 0 Å². The van der Waals surface area contributed by atoms with Crippen LogP contribution >= 0.6 is 34.8 Å². The maximum absolute atomic E-state index is 12.6. The fourth-order valence-corrected chi connectivity index (χ4v) is 3.37. The Hall–Kier alpha value is -0.840. The van der Waals surface area contributed by atoms with Crippen LogP contribution in [0.4, 0.5) is 0 Å². The lowest BCUT2D eigenvalue weighted by molar-refractivity contribution is -0.153. The van der Waals surface area contributed by atoms with Crippen molar-refractivity contribution in [3.05, 3.63) is 0 Å². The van der Waals surface area contributed by atoms with E-state index in [1.165, 1.54) is 11.9 Å². The first kappa shape index (κ1) is 24.4. The molecular weight excluding hydrogens is 449 g/mol. The SMILES string of the molecule is C[C@H](NC(=O)[C@@H](O)C1CCOCC1)C(=O)N1CCC[C@@H](C(=O)OCC(Cl)(Cl)Cl)N1. The number of amides is 2. The molecule has 2 fully saturated rings. The third kappa shape index (κ3) is 7.73. The molecular formula is C17H26Cl3N3O6. The highest BCUT2D eigenvalue weighted by molar-refractivity contribution is 6.67. The van der Waals surface area contributed by atoms with Gasteiger partial charge in [0, 0.05) is 19.8 Å². The van der Waals surface area contributed by atoms with Crippen molar-refractivity contribution in [1.82, 2.24) is 15.8 Å². The molecule has 9 nitrogen and oxygen atoms in total. The lowest BCUT2D eigenvalue weighted by atomic mass is 9.93. The van der Waals surface area contributed by atoms with Crippen molar-refractivity contribution in [2.75, 3.05) is 26.4 Å². The van der Waals surface area contributed by atoms with Gasteiger partial charge in [0.1, 0.15) is 24.8 Å². The number of carbonyl (C=O) groups is 3. The zero-order valence-electron chi connectivity index (χ0n) is 16.0. The van der Waals surface area contributed by atoms with E-state index in [-0.39, 0.29) is 5.92 Å². The minimum absolute atomic E-state index is 0.198. The number of rotatable bonds is 6. The molecule has 2 aliphatic rings. The number of aliphatic hydroxyl groups is 1. The summed E-state index contributed by atoms with van der Waals surface area (Å²) in [5.41, 5.74) is 2.79. The number of nitrogens with zero attached hydrogens (tertiary/aromatic N) is 1. The fourth-order valence-electron chi connectivity index (χ4n) is 3.21. The summed E-state index contributed by atoms with van der Waals surface area (Å²) in [5, 5.41) is 14.0. The van der Waals surface area contributed by atoms with E-state index in [2.05, 4.69) is 10.7 Å². The summed E-state index contributed by atoms with van der Waals surface area (Å²) in [5.74, 6) is -1.87. The highest BCUT2D eigenvalue weighted by atomic mass is 35.6. The summed E-state index contributed by atoms with van der Waals surface area (Å²) in [6.07, 6.45) is 0.974. The summed E-state index contributed by atoms with van der Waals surface area (Å²) in [4.78, 5) is 37.0. The third-order valence-corrected chi connectivity index (χ3v) is 5.15. The van der Waals surface area contributed by atoms with Gasteiger partial charge in [0.2, 0.25) is 9.70 Å². The summed E-state index contributed by atoms with van der Waals surface area (Å²) < 4.78 is 8.45. The minimum atomic E-state index is -1.72. The Kier molecular flexibility index (Phi) is 9.24. The molecule has 2 aliphatic heterocycles. The molecule has 0 aromatic rings. The van der Waals surface area contributed by atoms with Crippen LogP contribution in [0.5, 0.6) is 0 Å². The Morgan fingerprint density at radius 1 is 1.28 bits per heavy atom. The molecule has 0 saturated carbocycles. The second-order valence-corrected chi connectivity index (χ2v) is 9.68. The molecule has 12 heteroatoms. The molecule has 0 aromatic carbocycles. The number of hydrogen-bond acceptors (Lipinski definition) is 7. The lowest BCUT2D eigenvalue weighted by Crippen LogP contribution is -2.60. The molecule has 2 rings (SSSR count). The summed E-state index contributed by atoms with van der Waals surface area (Å²) in [6.45, 7) is 2.46. The van der Waals surface area contributed by atoms with Crippen molar-refractivity contribution in [3.63, 3.8) is 0 Å². The van der Waals surface area contributed by atoms with Crippen LogP contribution in [0, 0.1) is 5.92 Å². The van der Waals surface area contributed by atoms with Crippen LogP contribution in [0.25, 0.3) is 0 Å². The van der Waals surface area contributed by atoms with Gasteiger partial charge >= 0.3 is 5.97 Å². The summed E-state index contributed by atoms with van der Waals surface area (Å²) in [6, 6.07) is -1.66. The predicted octanol–water partition coefficient (Wildman–Crippen LogP) is 0.688. The normalized spacial score (nSPS) is 23.2. The van der Waals surface area contributed by atoms with Gasteiger partial charge in [0.25, 0.3) is 5.91 Å². The van der Waals surface area contributed by atoms with E-state index in [1.807, 2.05) is 0 Å². The van der Waals surface area contributed by atoms with Gasteiger partial charge in [-0.1, -0.05) is 34.8 Å². The zero-order valence-corrected chi connectivity index (χ0v) is 18.3. The molecule has 2 saturated heterocycles. The number of carbonyl (C=O) groups excluding carboxylic acids is 3. The van der Waals surface area contributed by atoms with Crippen LogP contribution in [0.1, 0.15) is 32.6 Å². The Bertz CT molecular complexity index is 597. The number of ether oxygens (including phenoxy) is 2. The molecule has 0 radical (unpaired) electrons. The molecule has 3 atom stereocenters. The van der Waals surface area contributed by atoms with Crippen molar-refractivity contribution < 1.29 is 29.0 Å². The molecule has 0 unspecified atom stereocenters. The van der Waals surface area contributed by atoms with E-state index in [0.717, 1.165) is 0 Å². The highest BCUT2D eigenvalue weighted by Gasteiger charge is 2.34. The molecule has 2 heterocycles. The molecule has 166 valence electrons. The van der Waals surface area contributed by atoms with E-state index < -0.39 is 46.4 Å².